The van der Waals surface area contributed by atoms with Gasteiger partial charge in [0, 0.05) is 27.1 Å². The minimum absolute atomic E-state index is 0.0373. The molecule has 5 aromatic rings. The van der Waals surface area contributed by atoms with Crippen LogP contribution >= 0.6 is 22.6 Å². The molecule has 1 N–H and O–H groups in total. The number of aryl methyl sites for hydroxylation is 1. The van der Waals surface area contributed by atoms with Crippen LogP contribution in [0.2, 0.25) is 0 Å². The molecule has 3 aromatic carbocycles. The highest BCUT2D eigenvalue weighted by molar-refractivity contribution is 14.1. The van der Waals surface area contributed by atoms with E-state index in [9.17, 15) is 22.8 Å². The third-order valence-electron chi connectivity index (χ3n) is 5.85. The van der Waals surface area contributed by atoms with Gasteiger partial charge >= 0.3 is 6.18 Å². The summed E-state index contributed by atoms with van der Waals surface area (Å²) >= 11 is 2.16. The molecular formula is C28H19F3IN3O4. The second-order valence-corrected chi connectivity index (χ2v) is 9.84. The lowest BCUT2D eigenvalue weighted by Crippen LogP contribution is -2.20. The van der Waals surface area contributed by atoms with Crippen molar-refractivity contribution in [3.8, 4) is 22.6 Å². The molecule has 0 aliphatic carbocycles. The topological polar surface area (TPSA) is 86.4 Å². The number of benzene rings is 3. The summed E-state index contributed by atoms with van der Waals surface area (Å²) in [5.41, 5.74) is 0.236. The molecule has 0 saturated heterocycles. The minimum Gasteiger partial charge on any atom is -0.484 e. The fourth-order valence-electron chi connectivity index (χ4n) is 4.00. The highest BCUT2D eigenvalue weighted by Gasteiger charge is 2.39. The normalized spacial score (nSPS) is 11.5. The third-order valence-corrected chi connectivity index (χ3v) is 6.52. The Morgan fingerprint density at radius 2 is 1.87 bits per heavy atom. The van der Waals surface area contributed by atoms with Gasteiger partial charge in [-0.25, -0.2) is 4.68 Å². The van der Waals surface area contributed by atoms with Crippen LogP contribution in [-0.4, -0.2) is 22.3 Å². The number of ether oxygens (including phenoxy) is 1. The van der Waals surface area contributed by atoms with Crippen LogP contribution in [-0.2, 0) is 11.0 Å². The van der Waals surface area contributed by atoms with E-state index in [1.807, 2.05) is 19.1 Å². The maximum Gasteiger partial charge on any atom is 0.450 e. The van der Waals surface area contributed by atoms with Gasteiger partial charge in [-0.1, -0.05) is 18.2 Å². The van der Waals surface area contributed by atoms with E-state index in [2.05, 4.69) is 33.0 Å². The fourth-order valence-corrected chi connectivity index (χ4v) is 4.65. The maximum absolute atomic E-state index is 14.0. The molecule has 7 nitrogen and oxygen atoms in total. The van der Waals surface area contributed by atoms with Crippen LogP contribution in [0.1, 0.15) is 11.3 Å². The van der Waals surface area contributed by atoms with Crippen LogP contribution in [0, 0.1) is 10.5 Å². The summed E-state index contributed by atoms with van der Waals surface area (Å²) < 4.78 is 55.2. The number of para-hydroxylation sites is 1. The minimum atomic E-state index is -4.96. The van der Waals surface area contributed by atoms with Gasteiger partial charge in [0.1, 0.15) is 11.3 Å². The highest BCUT2D eigenvalue weighted by Crippen LogP contribution is 2.38. The summed E-state index contributed by atoms with van der Waals surface area (Å²) in [6.07, 6.45) is -2.43. The molecule has 0 aliphatic heterocycles. The summed E-state index contributed by atoms with van der Waals surface area (Å²) in [5.74, 6) is -1.84. The molecule has 0 aliphatic rings. The third kappa shape index (κ3) is 5.67. The van der Waals surface area contributed by atoms with Gasteiger partial charge in [-0.05, 0) is 77.5 Å². The van der Waals surface area contributed by atoms with Crippen molar-refractivity contribution in [2.24, 2.45) is 0 Å². The smallest absolute Gasteiger partial charge is 0.450 e. The molecule has 0 radical (unpaired) electrons. The lowest BCUT2D eigenvalue weighted by atomic mass is 10.0. The second-order valence-electron chi connectivity index (χ2n) is 8.60. The van der Waals surface area contributed by atoms with Crippen LogP contribution in [0.4, 0.5) is 18.9 Å². The first-order chi connectivity index (χ1) is 18.6. The van der Waals surface area contributed by atoms with Gasteiger partial charge in [0.25, 0.3) is 5.91 Å². The van der Waals surface area contributed by atoms with E-state index in [4.69, 9.17) is 9.15 Å². The Labute approximate surface area is 233 Å². The van der Waals surface area contributed by atoms with E-state index >= 15 is 0 Å². The molecule has 5 rings (SSSR count). The Hall–Kier alpha value is -4.13. The lowest BCUT2D eigenvalue weighted by molar-refractivity contribution is -0.152. The van der Waals surface area contributed by atoms with Crippen molar-refractivity contribution in [2.45, 2.75) is 13.1 Å². The van der Waals surface area contributed by atoms with Crippen molar-refractivity contribution < 1.29 is 27.1 Å². The Morgan fingerprint density at radius 3 is 2.59 bits per heavy atom. The van der Waals surface area contributed by atoms with E-state index in [0.717, 1.165) is 15.2 Å². The summed E-state index contributed by atoms with van der Waals surface area (Å²) in [4.78, 5) is 25.6. The lowest BCUT2D eigenvalue weighted by Gasteiger charge is -2.13. The van der Waals surface area contributed by atoms with E-state index in [0.29, 0.717) is 11.4 Å². The molecule has 11 heteroatoms. The average molecular weight is 645 g/mol. The van der Waals surface area contributed by atoms with E-state index in [1.165, 1.54) is 29.2 Å². The molecular weight excluding hydrogens is 626 g/mol. The van der Waals surface area contributed by atoms with Crippen molar-refractivity contribution in [1.82, 2.24) is 9.78 Å². The number of nitrogens with one attached hydrogen (secondary N) is 1. The summed E-state index contributed by atoms with van der Waals surface area (Å²) in [6.45, 7) is 1.45. The predicted molar refractivity (Wildman–Crippen MR) is 148 cm³/mol. The number of hydrogen-bond acceptors (Lipinski definition) is 5. The van der Waals surface area contributed by atoms with Gasteiger partial charge in [-0.15, -0.1) is 0 Å². The maximum atomic E-state index is 14.0. The number of hydrogen-bond donors (Lipinski definition) is 1. The molecule has 0 spiro atoms. The largest absolute Gasteiger partial charge is 0.484 e. The number of fused-ring (bicyclic) bond motifs is 1. The Bertz CT molecular complexity index is 1750. The van der Waals surface area contributed by atoms with Gasteiger partial charge in [-0.2, -0.15) is 18.3 Å². The van der Waals surface area contributed by atoms with Crippen molar-refractivity contribution in [3.63, 3.8) is 0 Å². The number of rotatable bonds is 6. The zero-order chi connectivity index (χ0) is 27.7. The fraction of sp³-hybridized carbons (Fsp3) is 0.107. The van der Waals surface area contributed by atoms with Gasteiger partial charge in [0.15, 0.2) is 6.61 Å². The first-order valence-corrected chi connectivity index (χ1v) is 12.7. The van der Waals surface area contributed by atoms with Gasteiger partial charge in [-0.3, -0.25) is 9.59 Å². The van der Waals surface area contributed by atoms with Crippen molar-refractivity contribution >= 4 is 45.2 Å². The molecule has 2 heterocycles. The van der Waals surface area contributed by atoms with Crippen molar-refractivity contribution in [2.75, 3.05) is 11.9 Å². The zero-order valence-corrected chi connectivity index (χ0v) is 22.4. The number of alkyl halides is 3. The molecule has 198 valence electrons. The molecule has 0 saturated carbocycles. The Morgan fingerprint density at radius 1 is 1.10 bits per heavy atom. The molecule has 0 atom stereocenters. The van der Waals surface area contributed by atoms with Crippen LogP contribution in [0.5, 0.6) is 5.75 Å². The van der Waals surface area contributed by atoms with Gasteiger partial charge in [0.2, 0.25) is 11.2 Å². The molecule has 2 aromatic heterocycles. The standard InChI is InChI=1S/C28H19F3IN3O4/c1-16-11-18(32)7-10-22(16)34-24(36)15-38-20-8-9-21-23(12-20)39-27(28(29,30)31)25(26(21)37)17-13-33-35(14-17)19-5-3-2-4-6-19/h2-14H,15H2,1H3,(H,34,36). The molecule has 0 unspecified atom stereocenters. The van der Waals surface area contributed by atoms with Crippen LogP contribution in [0.25, 0.3) is 27.8 Å². The number of amides is 1. The zero-order valence-electron chi connectivity index (χ0n) is 20.3. The first-order valence-electron chi connectivity index (χ1n) is 11.6. The van der Waals surface area contributed by atoms with Crippen LogP contribution in [0.15, 0.2) is 88.3 Å². The van der Waals surface area contributed by atoms with Gasteiger partial charge in [0.05, 0.1) is 22.8 Å². The molecule has 1 amide bonds. The van der Waals surface area contributed by atoms with E-state index < -0.39 is 35.4 Å². The number of halogens is 4. The highest BCUT2D eigenvalue weighted by atomic mass is 127. The number of carbonyl (C=O) groups is 1. The van der Waals surface area contributed by atoms with Crippen molar-refractivity contribution in [1.29, 1.82) is 0 Å². The van der Waals surface area contributed by atoms with Crippen LogP contribution < -0.4 is 15.5 Å². The number of anilines is 1. The molecule has 0 bridgehead atoms. The summed E-state index contributed by atoms with van der Waals surface area (Å²) in [6, 6.07) is 18.1. The molecule has 39 heavy (non-hydrogen) atoms. The predicted octanol–water partition coefficient (Wildman–Crippen LogP) is 6.60. The SMILES string of the molecule is Cc1cc(I)ccc1NC(=O)COc1ccc2c(=O)c(-c3cnn(-c4ccccc4)c3)c(C(F)(F)F)oc2c1. The molecule has 0 fully saturated rings. The number of aromatic nitrogens is 2. The van der Waals surface area contributed by atoms with Crippen molar-refractivity contribution in [3.05, 3.63) is 104 Å². The number of carbonyl (C=O) groups excluding carboxylic acids is 1. The summed E-state index contributed by atoms with van der Waals surface area (Å²) in [7, 11) is 0. The Kier molecular flexibility index (Phi) is 7.17. The number of nitrogens with zero attached hydrogens (tertiary/aromatic N) is 2. The second kappa shape index (κ2) is 10.6. The van der Waals surface area contributed by atoms with E-state index in [-0.39, 0.29) is 22.3 Å². The first kappa shape index (κ1) is 26.5. The van der Waals surface area contributed by atoms with Crippen LogP contribution in [0.3, 0.4) is 0 Å². The quantitative estimate of drug-likeness (QED) is 0.211. The monoisotopic (exact) mass is 645 g/mol. The van der Waals surface area contributed by atoms with Gasteiger partial charge < -0.3 is 14.5 Å². The Balaban J connectivity index is 1.44. The van der Waals surface area contributed by atoms with E-state index in [1.54, 1.807) is 36.4 Å². The summed E-state index contributed by atoms with van der Waals surface area (Å²) in [5, 5.41) is 6.76. The average Bonchev–Trinajstić information content (AvgIpc) is 3.39.